The van der Waals surface area contributed by atoms with Crippen LogP contribution in [0.15, 0.2) is 0 Å². The first-order valence-electron chi connectivity index (χ1n) is 7.53. The maximum absolute atomic E-state index is 11.9. The van der Waals surface area contributed by atoms with Gasteiger partial charge in [-0.3, -0.25) is 4.79 Å². The SMILES string of the molecule is CC(=O)N1CC2(CC(C)(C)N(O)C(C)(C)C2)N(O)C1(C)C. The Labute approximate surface area is 127 Å². The minimum Gasteiger partial charge on any atom is -0.321 e. The highest BCUT2D eigenvalue weighted by Gasteiger charge is 2.63. The molecule has 1 spiro atoms. The van der Waals surface area contributed by atoms with Gasteiger partial charge in [0.2, 0.25) is 5.91 Å². The number of nitrogens with zero attached hydrogens (tertiary/aromatic N) is 3. The van der Waals surface area contributed by atoms with Crippen molar-refractivity contribution in [2.75, 3.05) is 6.54 Å². The molecule has 122 valence electrons. The molecule has 1 amide bonds. The van der Waals surface area contributed by atoms with Gasteiger partial charge in [-0.05, 0) is 54.4 Å². The van der Waals surface area contributed by atoms with Crippen molar-refractivity contribution in [3.8, 4) is 0 Å². The molecule has 6 nitrogen and oxygen atoms in total. The van der Waals surface area contributed by atoms with Gasteiger partial charge in [-0.1, -0.05) is 0 Å². The molecule has 0 radical (unpaired) electrons. The maximum Gasteiger partial charge on any atom is 0.221 e. The van der Waals surface area contributed by atoms with E-state index < -0.39 is 22.3 Å². The van der Waals surface area contributed by atoms with E-state index in [1.807, 2.05) is 41.5 Å². The van der Waals surface area contributed by atoms with Crippen LogP contribution < -0.4 is 0 Å². The number of hydrogen-bond donors (Lipinski definition) is 2. The van der Waals surface area contributed by atoms with Crippen LogP contribution in [0.5, 0.6) is 0 Å². The van der Waals surface area contributed by atoms with Crippen LogP contribution in [-0.2, 0) is 4.79 Å². The van der Waals surface area contributed by atoms with E-state index in [1.54, 1.807) is 4.90 Å². The maximum atomic E-state index is 11.9. The van der Waals surface area contributed by atoms with Crippen molar-refractivity contribution in [1.29, 1.82) is 0 Å². The van der Waals surface area contributed by atoms with Crippen LogP contribution in [0.4, 0.5) is 0 Å². The number of carbonyl (C=O) groups is 1. The molecular weight excluding hydrogens is 270 g/mol. The number of carbonyl (C=O) groups excluding carboxylic acids is 1. The molecule has 0 atom stereocenters. The molecule has 2 fully saturated rings. The lowest BCUT2D eigenvalue weighted by Gasteiger charge is -2.56. The van der Waals surface area contributed by atoms with Crippen molar-refractivity contribution in [3.63, 3.8) is 0 Å². The fraction of sp³-hybridized carbons (Fsp3) is 0.933. The minimum absolute atomic E-state index is 0.0436. The molecule has 0 aromatic heterocycles. The van der Waals surface area contributed by atoms with Crippen molar-refractivity contribution in [2.45, 2.75) is 83.6 Å². The smallest absolute Gasteiger partial charge is 0.221 e. The highest BCUT2D eigenvalue weighted by molar-refractivity contribution is 5.74. The van der Waals surface area contributed by atoms with Gasteiger partial charge in [0, 0.05) is 24.5 Å². The van der Waals surface area contributed by atoms with Gasteiger partial charge in [-0.25, -0.2) is 0 Å². The second kappa shape index (κ2) is 4.41. The average molecular weight is 299 g/mol. The zero-order valence-electron chi connectivity index (χ0n) is 14.3. The second-order valence-electron chi connectivity index (χ2n) is 8.43. The summed E-state index contributed by atoms with van der Waals surface area (Å²) in [5.41, 5.74) is -2.24. The van der Waals surface area contributed by atoms with E-state index in [1.165, 1.54) is 17.1 Å². The molecule has 2 aliphatic rings. The van der Waals surface area contributed by atoms with E-state index in [2.05, 4.69) is 0 Å². The molecule has 21 heavy (non-hydrogen) atoms. The van der Waals surface area contributed by atoms with Crippen LogP contribution in [0.2, 0.25) is 0 Å². The lowest BCUT2D eigenvalue weighted by atomic mass is 9.70. The van der Waals surface area contributed by atoms with Gasteiger partial charge in [0.25, 0.3) is 0 Å². The molecule has 0 aromatic rings. The molecule has 2 saturated heterocycles. The summed E-state index contributed by atoms with van der Waals surface area (Å²) in [6.07, 6.45) is 1.17. The summed E-state index contributed by atoms with van der Waals surface area (Å²) in [5.74, 6) is -0.0436. The first kappa shape index (κ1) is 16.7. The Kier molecular flexibility index (Phi) is 3.50. The largest absolute Gasteiger partial charge is 0.321 e. The van der Waals surface area contributed by atoms with Crippen LogP contribution in [0, 0.1) is 0 Å². The van der Waals surface area contributed by atoms with Gasteiger partial charge in [-0.15, -0.1) is 0 Å². The third-order valence-electron chi connectivity index (χ3n) is 5.13. The summed E-state index contributed by atoms with van der Waals surface area (Å²) in [7, 11) is 0. The summed E-state index contributed by atoms with van der Waals surface area (Å²) in [6, 6.07) is 0. The van der Waals surface area contributed by atoms with Gasteiger partial charge in [0.1, 0.15) is 5.66 Å². The van der Waals surface area contributed by atoms with Crippen molar-refractivity contribution in [3.05, 3.63) is 0 Å². The summed E-state index contributed by atoms with van der Waals surface area (Å²) in [5, 5.41) is 24.0. The highest BCUT2D eigenvalue weighted by atomic mass is 16.5. The Morgan fingerprint density at radius 3 is 1.67 bits per heavy atom. The topological polar surface area (TPSA) is 67.2 Å². The van der Waals surface area contributed by atoms with Gasteiger partial charge in [0.15, 0.2) is 0 Å². The molecule has 0 saturated carbocycles. The molecule has 2 heterocycles. The zero-order chi connectivity index (χ0) is 16.4. The number of piperidine rings is 1. The van der Waals surface area contributed by atoms with Crippen LogP contribution in [0.3, 0.4) is 0 Å². The van der Waals surface area contributed by atoms with Gasteiger partial charge < -0.3 is 15.3 Å². The molecule has 2 aliphatic heterocycles. The normalized spacial score (nSPS) is 30.8. The monoisotopic (exact) mass is 299 g/mol. The van der Waals surface area contributed by atoms with E-state index >= 15 is 0 Å². The van der Waals surface area contributed by atoms with Gasteiger partial charge in [-0.2, -0.15) is 10.1 Å². The highest BCUT2D eigenvalue weighted by Crippen LogP contribution is 2.50. The van der Waals surface area contributed by atoms with E-state index in [-0.39, 0.29) is 5.91 Å². The summed E-state index contributed by atoms with van der Waals surface area (Å²) in [4.78, 5) is 13.7. The standard InChI is InChI=1S/C15H29N3O3/c1-11(19)16-10-15(18(21)14(16,6)7)8-12(2,3)17(20)13(4,5)9-15/h20-21H,8-10H2,1-7H3. The first-order chi connectivity index (χ1) is 9.26. The average Bonchev–Trinajstić information content (AvgIpc) is 2.47. The van der Waals surface area contributed by atoms with Gasteiger partial charge >= 0.3 is 0 Å². The Bertz CT molecular complexity index is 441. The van der Waals surface area contributed by atoms with E-state index in [4.69, 9.17) is 0 Å². The quantitative estimate of drug-likeness (QED) is 0.716. The molecular formula is C15H29N3O3. The number of rotatable bonds is 0. The fourth-order valence-electron chi connectivity index (χ4n) is 4.65. The molecule has 0 bridgehead atoms. The number of amides is 1. The summed E-state index contributed by atoms with van der Waals surface area (Å²) < 4.78 is 0. The van der Waals surface area contributed by atoms with Crippen LogP contribution in [0.1, 0.15) is 61.3 Å². The number of hydroxylamine groups is 4. The summed E-state index contributed by atoms with van der Waals surface area (Å²) in [6.45, 7) is 13.6. The summed E-state index contributed by atoms with van der Waals surface area (Å²) >= 11 is 0. The van der Waals surface area contributed by atoms with E-state index in [9.17, 15) is 15.2 Å². The van der Waals surface area contributed by atoms with Crippen LogP contribution >= 0.6 is 0 Å². The fourth-order valence-corrected chi connectivity index (χ4v) is 4.65. The van der Waals surface area contributed by atoms with Crippen molar-refractivity contribution in [2.24, 2.45) is 0 Å². The lowest BCUT2D eigenvalue weighted by molar-refractivity contribution is -0.298. The van der Waals surface area contributed by atoms with Crippen LogP contribution in [0.25, 0.3) is 0 Å². The third-order valence-corrected chi connectivity index (χ3v) is 5.13. The molecule has 2 N–H and O–H groups in total. The second-order valence-corrected chi connectivity index (χ2v) is 8.43. The molecule has 0 unspecified atom stereocenters. The molecule has 0 aromatic carbocycles. The van der Waals surface area contributed by atoms with Crippen molar-refractivity contribution >= 4 is 5.91 Å². The first-order valence-corrected chi connectivity index (χ1v) is 7.53. The zero-order valence-corrected chi connectivity index (χ0v) is 14.3. The Morgan fingerprint density at radius 1 is 0.905 bits per heavy atom. The van der Waals surface area contributed by atoms with Crippen LogP contribution in [-0.4, -0.2) is 60.2 Å². The number of hydrogen-bond acceptors (Lipinski definition) is 5. The van der Waals surface area contributed by atoms with E-state index in [0.717, 1.165) is 0 Å². The van der Waals surface area contributed by atoms with Crippen molar-refractivity contribution < 1.29 is 15.2 Å². The molecule has 0 aliphatic carbocycles. The lowest BCUT2D eigenvalue weighted by Crippen LogP contribution is -2.68. The Morgan fingerprint density at radius 2 is 1.33 bits per heavy atom. The predicted molar refractivity (Wildman–Crippen MR) is 78.8 cm³/mol. The Balaban J connectivity index is 2.46. The van der Waals surface area contributed by atoms with Crippen molar-refractivity contribution in [1.82, 2.24) is 15.0 Å². The van der Waals surface area contributed by atoms with Gasteiger partial charge in [0.05, 0.1) is 5.54 Å². The molecule has 6 heteroatoms. The third kappa shape index (κ3) is 2.29. The molecule has 2 rings (SSSR count). The minimum atomic E-state index is -0.740. The van der Waals surface area contributed by atoms with E-state index in [0.29, 0.717) is 19.4 Å². The predicted octanol–water partition coefficient (Wildman–Crippen LogP) is 2.06. The Hall–Kier alpha value is -0.690.